The predicted molar refractivity (Wildman–Crippen MR) is 58.2 cm³/mol. The van der Waals surface area contributed by atoms with Crippen LogP contribution < -0.4 is 5.73 Å². The summed E-state index contributed by atoms with van der Waals surface area (Å²) in [6.07, 6.45) is 1.64. The van der Waals surface area contributed by atoms with Crippen molar-refractivity contribution in [3.8, 4) is 0 Å². The molecule has 1 nitrogen and oxygen atoms in total. The number of nitrogens with two attached hydrogens (primary N) is 1. The normalized spacial score (nSPS) is 15.1. The third-order valence-corrected chi connectivity index (χ3v) is 2.77. The molecule has 0 unspecified atom stereocenters. The molecule has 0 heterocycles. The fourth-order valence-electron chi connectivity index (χ4n) is 1.03. The summed E-state index contributed by atoms with van der Waals surface area (Å²) < 4.78 is 0. The van der Waals surface area contributed by atoms with Gasteiger partial charge in [-0.05, 0) is 18.6 Å². The van der Waals surface area contributed by atoms with Crippen LogP contribution in [0, 0.1) is 0 Å². The molecule has 0 aromatic heterocycles. The molecule has 0 radical (unpaired) electrons. The van der Waals surface area contributed by atoms with Gasteiger partial charge in [0.05, 0.1) is 15.6 Å². The second-order valence-corrected chi connectivity index (χ2v) is 3.87. The lowest BCUT2D eigenvalue weighted by Crippen LogP contribution is -2.30. The van der Waals surface area contributed by atoms with Crippen LogP contribution in [-0.2, 0) is 5.54 Å². The minimum Gasteiger partial charge on any atom is -0.318 e. The van der Waals surface area contributed by atoms with Gasteiger partial charge in [-0.1, -0.05) is 41.4 Å². The van der Waals surface area contributed by atoms with Gasteiger partial charge in [0.25, 0.3) is 0 Å². The van der Waals surface area contributed by atoms with Crippen molar-refractivity contribution < 1.29 is 0 Å². The summed E-state index contributed by atoms with van der Waals surface area (Å²) in [5.74, 6) is 0. The van der Waals surface area contributed by atoms with Crippen LogP contribution in [0.3, 0.4) is 0 Å². The van der Waals surface area contributed by atoms with Gasteiger partial charge in [0.1, 0.15) is 0 Å². The maximum absolute atomic E-state index is 6.00. The van der Waals surface area contributed by atoms with E-state index in [2.05, 4.69) is 6.58 Å². The summed E-state index contributed by atoms with van der Waals surface area (Å²) in [4.78, 5) is 0. The summed E-state index contributed by atoms with van der Waals surface area (Å²) in [7, 11) is 0. The zero-order valence-corrected chi connectivity index (χ0v) is 8.86. The van der Waals surface area contributed by atoms with Crippen molar-refractivity contribution in [2.24, 2.45) is 5.73 Å². The van der Waals surface area contributed by atoms with Crippen molar-refractivity contribution in [1.29, 1.82) is 0 Å². The molecule has 0 bridgehead atoms. The molecule has 1 rings (SSSR count). The van der Waals surface area contributed by atoms with Gasteiger partial charge in [0.2, 0.25) is 0 Å². The largest absolute Gasteiger partial charge is 0.318 e. The van der Waals surface area contributed by atoms with Gasteiger partial charge in [-0.25, -0.2) is 0 Å². The Morgan fingerprint density at radius 3 is 2.62 bits per heavy atom. The van der Waals surface area contributed by atoms with Crippen LogP contribution in [0.25, 0.3) is 0 Å². The highest BCUT2D eigenvalue weighted by Crippen LogP contribution is 2.32. The second-order valence-electron chi connectivity index (χ2n) is 3.09. The summed E-state index contributed by atoms with van der Waals surface area (Å²) in [6, 6.07) is 5.39. The van der Waals surface area contributed by atoms with Crippen molar-refractivity contribution in [3.05, 3.63) is 46.5 Å². The van der Waals surface area contributed by atoms with Crippen LogP contribution in [0.2, 0.25) is 10.0 Å². The van der Waals surface area contributed by atoms with Gasteiger partial charge in [-0.15, -0.1) is 6.58 Å². The average molecular weight is 216 g/mol. The summed E-state index contributed by atoms with van der Waals surface area (Å²) in [5, 5.41) is 1.01. The van der Waals surface area contributed by atoms with Gasteiger partial charge in [-0.3, -0.25) is 0 Å². The van der Waals surface area contributed by atoms with E-state index in [0.717, 1.165) is 5.56 Å². The molecule has 13 heavy (non-hydrogen) atoms. The molecule has 3 heteroatoms. The molecule has 0 aliphatic carbocycles. The van der Waals surface area contributed by atoms with Gasteiger partial charge in [0.15, 0.2) is 0 Å². The minimum atomic E-state index is -0.637. The molecular formula is C10H11Cl2N. The predicted octanol–water partition coefficient (Wildman–Crippen LogP) is 3.35. The highest BCUT2D eigenvalue weighted by Gasteiger charge is 2.20. The van der Waals surface area contributed by atoms with Crippen LogP contribution in [0.5, 0.6) is 0 Å². The van der Waals surface area contributed by atoms with Crippen molar-refractivity contribution in [2.45, 2.75) is 12.5 Å². The lowest BCUT2D eigenvalue weighted by molar-refractivity contribution is 0.632. The van der Waals surface area contributed by atoms with Gasteiger partial charge < -0.3 is 5.73 Å². The molecule has 0 saturated heterocycles. The Kier molecular flexibility index (Phi) is 3.01. The van der Waals surface area contributed by atoms with Crippen molar-refractivity contribution in [1.82, 2.24) is 0 Å². The highest BCUT2D eigenvalue weighted by molar-refractivity contribution is 6.42. The van der Waals surface area contributed by atoms with Crippen molar-refractivity contribution in [2.75, 3.05) is 0 Å². The van der Waals surface area contributed by atoms with Gasteiger partial charge in [-0.2, -0.15) is 0 Å². The number of hydrogen-bond acceptors (Lipinski definition) is 1. The Bertz CT molecular complexity index is 332. The van der Waals surface area contributed by atoms with E-state index in [0.29, 0.717) is 10.0 Å². The first-order valence-corrected chi connectivity index (χ1v) is 4.61. The first-order chi connectivity index (χ1) is 5.99. The molecule has 0 spiro atoms. The van der Waals surface area contributed by atoms with Crippen molar-refractivity contribution in [3.63, 3.8) is 0 Å². The van der Waals surface area contributed by atoms with E-state index in [1.54, 1.807) is 12.1 Å². The maximum atomic E-state index is 6.00. The summed E-state index contributed by atoms with van der Waals surface area (Å²) in [6.45, 7) is 5.48. The minimum absolute atomic E-state index is 0.495. The average Bonchev–Trinajstić information content (AvgIpc) is 2.09. The Balaban J connectivity index is 3.30. The van der Waals surface area contributed by atoms with Gasteiger partial charge >= 0.3 is 0 Å². The monoisotopic (exact) mass is 215 g/mol. The Morgan fingerprint density at radius 1 is 1.46 bits per heavy atom. The SMILES string of the molecule is C=C[C@@](C)(N)c1cccc(Cl)c1Cl. The maximum Gasteiger partial charge on any atom is 0.0646 e. The second kappa shape index (κ2) is 3.70. The molecular weight excluding hydrogens is 205 g/mol. The van der Waals surface area contributed by atoms with E-state index in [1.807, 2.05) is 19.1 Å². The zero-order valence-electron chi connectivity index (χ0n) is 7.35. The third kappa shape index (κ3) is 2.05. The van der Waals surface area contributed by atoms with Crippen LogP contribution in [0.1, 0.15) is 12.5 Å². The van der Waals surface area contributed by atoms with E-state index in [1.165, 1.54) is 0 Å². The molecule has 0 fully saturated rings. The molecule has 2 N–H and O–H groups in total. The van der Waals surface area contributed by atoms with E-state index in [-0.39, 0.29) is 0 Å². The molecule has 0 amide bonds. The highest BCUT2D eigenvalue weighted by atomic mass is 35.5. The van der Waals surface area contributed by atoms with E-state index in [9.17, 15) is 0 Å². The van der Waals surface area contributed by atoms with Crippen LogP contribution >= 0.6 is 23.2 Å². The first-order valence-electron chi connectivity index (χ1n) is 3.86. The third-order valence-electron chi connectivity index (χ3n) is 1.96. The number of benzene rings is 1. The van der Waals surface area contributed by atoms with Crippen molar-refractivity contribution >= 4 is 23.2 Å². The fraction of sp³-hybridized carbons (Fsp3) is 0.200. The standard InChI is InChI=1S/C10H11Cl2N/c1-3-10(2,13)7-5-4-6-8(11)9(7)12/h3-6H,1,13H2,2H3/t10-/m1/s1. The topological polar surface area (TPSA) is 26.0 Å². The van der Waals surface area contributed by atoms with E-state index >= 15 is 0 Å². The Labute approximate surface area is 88.1 Å². The molecule has 1 aromatic carbocycles. The summed E-state index contributed by atoms with van der Waals surface area (Å²) >= 11 is 11.9. The quantitative estimate of drug-likeness (QED) is 0.753. The number of rotatable bonds is 2. The molecule has 1 aromatic rings. The fourth-order valence-corrected chi connectivity index (χ4v) is 1.53. The Morgan fingerprint density at radius 2 is 2.08 bits per heavy atom. The lowest BCUT2D eigenvalue weighted by atomic mass is 9.93. The molecule has 1 atom stereocenters. The van der Waals surface area contributed by atoms with Crippen LogP contribution in [0.4, 0.5) is 0 Å². The Hall–Kier alpha value is -0.500. The van der Waals surface area contributed by atoms with E-state index in [4.69, 9.17) is 28.9 Å². The van der Waals surface area contributed by atoms with Crippen LogP contribution in [0.15, 0.2) is 30.9 Å². The molecule has 70 valence electrons. The number of hydrogen-bond donors (Lipinski definition) is 1. The molecule has 0 aliphatic heterocycles. The first kappa shape index (κ1) is 10.6. The molecule has 0 aliphatic rings. The molecule has 0 saturated carbocycles. The lowest BCUT2D eigenvalue weighted by Gasteiger charge is -2.22. The van der Waals surface area contributed by atoms with Gasteiger partial charge in [0, 0.05) is 0 Å². The zero-order chi connectivity index (χ0) is 10.1. The summed E-state index contributed by atoms with van der Waals surface area (Å²) in [5.41, 5.74) is 6.10. The van der Waals surface area contributed by atoms with E-state index < -0.39 is 5.54 Å². The smallest absolute Gasteiger partial charge is 0.0646 e. The van der Waals surface area contributed by atoms with Crippen LogP contribution in [-0.4, -0.2) is 0 Å². The number of halogens is 2.